The fraction of sp³-hybridized carbons (Fsp3) is 0.889. The molecule has 0 aliphatic carbocycles. The van der Waals surface area contributed by atoms with Gasteiger partial charge in [-0.2, -0.15) is 0 Å². The topological polar surface area (TPSA) is 52.3 Å². The highest BCUT2D eigenvalue weighted by molar-refractivity contribution is 8.01. The van der Waals surface area contributed by atoms with Crippen molar-refractivity contribution in [3.05, 3.63) is 0 Å². The molecule has 2 N–H and O–H groups in total. The molecule has 1 amide bonds. The van der Waals surface area contributed by atoms with Gasteiger partial charge in [0.1, 0.15) is 4.93 Å². The predicted molar refractivity (Wildman–Crippen MR) is 54.5 cm³/mol. The van der Waals surface area contributed by atoms with E-state index < -0.39 is 4.93 Å². The summed E-state index contributed by atoms with van der Waals surface area (Å²) in [5, 5.41) is 0. The lowest BCUT2D eigenvalue weighted by Crippen LogP contribution is -2.41. The highest BCUT2D eigenvalue weighted by Crippen LogP contribution is 2.45. The second-order valence-corrected chi connectivity index (χ2v) is 6.41. The quantitative estimate of drug-likeness (QED) is 0.740. The second-order valence-electron chi connectivity index (χ2n) is 4.24. The molecule has 0 aromatic heterocycles. The Labute approximate surface area is 83.4 Å². The van der Waals surface area contributed by atoms with Gasteiger partial charge in [-0.1, -0.05) is 13.8 Å². The molecule has 1 unspecified atom stereocenters. The Kier molecular flexibility index (Phi) is 2.92. The number of thioether (sulfide) groups is 1. The highest BCUT2D eigenvalue weighted by Gasteiger charge is 2.39. The Hall–Kier alpha value is -0.220. The van der Waals surface area contributed by atoms with Crippen LogP contribution in [-0.4, -0.2) is 22.2 Å². The average molecular weight is 203 g/mol. The molecule has 0 aromatic carbocycles. The molecule has 1 fully saturated rings. The monoisotopic (exact) mass is 203 g/mol. The van der Waals surface area contributed by atoms with Crippen molar-refractivity contribution < 1.29 is 9.53 Å². The van der Waals surface area contributed by atoms with Crippen molar-refractivity contribution in [3.63, 3.8) is 0 Å². The first-order valence-corrected chi connectivity index (χ1v) is 5.27. The van der Waals surface area contributed by atoms with Gasteiger partial charge >= 0.3 is 0 Å². The maximum absolute atomic E-state index is 10.8. The van der Waals surface area contributed by atoms with Crippen LogP contribution in [0.3, 0.4) is 0 Å². The molecule has 0 saturated carbocycles. The SMILES string of the molecule is CC1(C)CCOC(C)(CC(N)=O)S1. The van der Waals surface area contributed by atoms with Crippen LogP contribution in [0, 0.1) is 0 Å². The van der Waals surface area contributed by atoms with E-state index in [1.165, 1.54) is 0 Å². The van der Waals surface area contributed by atoms with Gasteiger partial charge in [-0.3, -0.25) is 4.79 Å². The molecule has 1 aliphatic rings. The average Bonchev–Trinajstić information content (AvgIpc) is 1.79. The number of primary amides is 1. The van der Waals surface area contributed by atoms with Gasteiger partial charge < -0.3 is 10.5 Å². The van der Waals surface area contributed by atoms with Crippen molar-refractivity contribution in [2.24, 2.45) is 5.73 Å². The Morgan fingerprint density at radius 2 is 2.15 bits per heavy atom. The number of carbonyl (C=O) groups is 1. The molecule has 4 heteroatoms. The fourth-order valence-electron chi connectivity index (χ4n) is 1.58. The van der Waals surface area contributed by atoms with Crippen molar-refractivity contribution in [1.29, 1.82) is 0 Å². The second kappa shape index (κ2) is 3.50. The summed E-state index contributed by atoms with van der Waals surface area (Å²) in [5.41, 5.74) is 5.16. The minimum atomic E-state index is -0.423. The van der Waals surface area contributed by atoms with E-state index >= 15 is 0 Å². The van der Waals surface area contributed by atoms with E-state index in [9.17, 15) is 4.79 Å². The van der Waals surface area contributed by atoms with Crippen LogP contribution in [0.5, 0.6) is 0 Å². The van der Waals surface area contributed by atoms with Crippen molar-refractivity contribution in [2.75, 3.05) is 6.61 Å². The van der Waals surface area contributed by atoms with E-state index in [0.29, 0.717) is 13.0 Å². The Morgan fingerprint density at radius 1 is 1.54 bits per heavy atom. The van der Waals surface area contributed by atoms with Crippen LogP contribution in [0.15, 0.2) is 0 Å². The van der Waals surface area contributed by atoms with E-state index in [0.717, 1.165) is 6.42 Å². The molecule has 1 heterocycles. The van der Waals surface area contributed by atoms with Crippen LogP contribution >= 0.6 is 11.8 Å². The summed E-state index contributed by atoms with van der Waals surface area (Å²) >= 11 is 1.70. The van der Waals surface area contributed by atoms with E-state index in [4.69, 9.17) is 10.5 Å². The predicted octanol–water partition coefficient (Wildman–Crippen LogP) is 1.51. The summed E-state index contributed by atoms with van der Waals surface area (Å²) in [5.74, 6) is -0.298. The Bertz CT molecular complexity index is 218. The van der Waals surface area contributed by atoms with Gasteiger partial charge in [0.15, 0.2) is 0 Å². The number of hydrogen-bond acceptors (Lipinski definition) is 3. The zero-order chi connectivity index (χ0) is 10.1. The zero-order valence-electron chi connectivity index (χ0n) is 8.42. The lowest BCUT2D eigenvalue weighted by Gasteiger charge is -2.41. The van der Waals surface area contributed by atoms with E-state index in [-0.39, 0.29) is 10.7 Å². The first-order chi connectivity index (χ1) is 5.83. The smallest absolute Gasteiger partial charge is 0.221 e. The normalized spacial score (nSPS) is 32.8. The van der Waals surface area contributed by atoms with Gasteiger partial charge in [-0.15, -0.1) is 11.8 Å². The third kappa shape index (κ3) is 3.19. The Balaban J connectivity index is 2.63. The van der Waals surface area contributed by atoms with Gasteiger partial charge in [0, 0.05) is 11.4 Å². The number of nitrogens with two attached hydrogens (primary N) is 1. The van der Waals surface area contributed by atoms with E-state index in [1.807, 2.05) is 6.92 Å². The molecule has 1 rings (SSSR count). The minimum absolute atomic E-state index is 0.183. The van der Waals surface area contributed by atoms with Crippen LogP contribution in [0.4, 0.5) is 0 Å². The molecule has 0 bridgehead atoms. The standard InChI is InChI=1S/C9H17NO2S/c1-8(2)4-5-12-9(3,13-8)6-7(10)11/h4-6H2,1-3H3,(H2,10,11). The summed E-state index contributed by atoms with van der Waals surface area (Å²) in [7, 11) is 0. The fourth-order valence-corrected chi connectivity index (χ4v) is 3.29. The minimum Gasteiger partial charge on any atom is -0.370 e. The van der Waals surface area contributed by atoms with Crippen LogP contribution in [0.25, 0.3) is 0 Å². The van der Waals surface area contributed by atoms with Crippen molar-refractivity contribution in [2.45, 2.75) is 43.3 Å². The van der Waals surface area contributed by atoms with Crippen molar-refractivity contribution in [3.8, 4) is 0 Å². The molecule has 0 radical (unpaired) electrons. The van der Waals surface area contributed by atoms with E-state index in [2.05, 4.69) is 13.8 Å². The largest absolute Gasteiger partial charge is 0.370 e. The van der Waals surface area contributed by atoms with Crippen LogP contribution in [0.2, 0.25) is 0 Å². The van der Waals surface area contributed by atoms with Crippen LogP contribution in [0.1, 0.15) is 33.6 Å². The van der Waals surface area contributed by atoms with Gasteiger partial charge in [-0.05, 0) is 13.3 Å². The maximum Gasteiger partial charge on any atom is 0.221 e. The number of carbonyl (C=O) groups excluding carboxylic acids is 1. The summed E-state index contributed by atoms with van der Waals surface area (Å²) in [6.45, 7) is 6.98. The Morgan fingerprint density at radius 3 is 2.62 bits per heavy atom. The molecule has 0 aromatic rings. The van der Waals surface area contributed by atoms with Crippen LogP contribution < -0.4 is 5.73 Å². The maximum atomic E-state index is 10.8. The molecule has 13 heavy (non-hydrogen) atoms. The van der Waals surface area contributed by atoms with Gasteiger partial charge in [0.2, 0.25) is 5.91 Å². The molecule has 1 atom stereocenters. The summed E-state index contributed by atoms with van der Waals surface area (Å²) in [6.07, 6.45) is 1.31. The summed E-state index contributed by atoms with van der Waals surface area (Å²) in [6, 6.07) is 0. The molecule has 3 nitrogen and oxygen atoms in total. The van der Waals surface area contributed by atoms with Crippen molar-refractivity contribution in [1.82, 2.24) is 0 Å². The van der Waals surface area contributed by atoms with Gasteiger partial charge in [0.25, 0.3) is 0 Å². The molecular formula is C9H17NO2S. The van der Waals surface area contributed by atoms with Gasteiger partial charge in [0.05, 0.1) is 6.42 Å². The number of amides is 1. The molecule has 1 saturated heterocycles. The number of hydrogen-bond donors (Lipinski definition) is 1. The number of ether oxygens (including phenoxy) is 1. The lowest BCUT2D eigenvalue weighted by molar-refractivity contribution is -0.121. The van der Waals surface area contributed by atoms with E-state index in [1.54, 1.807) is 11.8 Å². The van der Waals surface area contributed by atoms with Gasteiger partial charge in [-0.25, -0.2) is 0 Å². The number of rotatable bonds is 2. The molecule has 76 valence electrons. The third-order valence-corrected chi connectivity index (χ3v) is 3.55. The zero-order valence-corrected chi connectivity index (χ0v) is 9.24. The first-order valence-electron chi connectivity index (χ1n) is 4.45. The summed E-state index contributed by atoms with van der Waals surface area (Å²) in [4.78, 5) is 10.4. The highest BCUT2D eigenvalue weighted by atomic mass is 32.2. The van der Waals surface area contributed by atoms with Crippen molar-refractivity contribution >= 4 is 17.7 Å². The molecule has 0 spiro atoms. The third-order valence-electron chi connectivity index (χ3n) is 2.10. The lowest BCUT2D eigenvalue weighted by atomic mass is 10.1. The molecule has 1 aliphatic heterocycles. The first kappa shape index (κ1) is 10.9. The summed E-state index contributed by atoms with van der Waals surface area (Å²) < 4.78 is 5.76. The molecular weight excluding hydrogens is 186 g/mol. The van der Waals surface area contributed by atoms with Crippen LogP contribution in [-0.2, 0) is 9.53 Å².